The number of halogens is 4. The molecule has 0 aliphatic carbocycles. The number of nitrogens with one attached hydrogen (secondary N) is 3. The lowest BCUT2D eigenvalue weighted by atomic mass is 9.89. The molecule has 314 valence electrons. The highest BCUT2D eigenvalue weighted by atomic mass is 32.2. The number of carbonyl (C=O) groups excluding carboxylic acids is 2. The number of amides is 2. The van der Waals surface area contributed by atoms with Crippen LogP contribution in [0.2, 0.25) is 0 Å². The summed E-state index contributed by atoms with van der Waals surface area (Å²) in [5, 5.41) is 7.99. The Kier molecular flexibility index (Phi) is 12.3. The standard InChI is InChI=1S/C40H46F4N10O4S/c1-51(59(2,57)58)37-27(4-3-15-45-37)23-46-36-33(40(42,43)44)24-47-39(50-36)48-28-6-8-29(9-7-28)53-16-13-30(14-17-53)54-20-18-52(19-21-54)25-26-5-10-31(34(41)22-26)32-11-12-35(55)49-38(32)56/h3-10,15,22,24,30,32H,11-14,16-21,23,25H2,1-2H3,(H,49,55,56)(H2,46,47,48,50). The Morgan fingerprint density at radius 2 is 1.68 bits per heavy atom. The van der Waals surface area contributed by atoms with Crippen LogP contribution in [0.5, 0.6) is 0 Å². The number of aromatic nitrogens is 3. The Hall–Kier alpha value is -5.40. The Morgan fingerprint density at radius 1 is 0.949 bits per heavy atom. The fraction of sp³-hybridized carbons (Fsp3) is 0.425. The molecule has 0 saturated carbocycles. The van der Waals surface area contributed by atoms with Crippen molar-refractivity contribution in [2.45, 2.75) is 56.9 Å². The molecule has 3 N–H and O–H groups in total. The number of sulfonamides is 1. The fourth-order valence-corrected chi connectivity index (χ4v) is 8.31. The molecule has 7 rings (SSSR count). The number of piperazine rings is 1. The molecule has 5 heterocycles. The normalized spacial score (nSPS) is 18.7. The van der Waals surface area contributed by atoms with Gasteiger partial charge in [0.05, 0.1) is 12.2 Å². The van der Waals surface area contributed by atoms with E-state index in [-0.39, 0.29) is 30.6 Å². The zero-order valence-electron chi connectivity index (χ0n) is 32.7. The minimum atomic E-state index is -4.75. The highest BCUT2D eigenvalue weighted by Crippen LogP contribution is 2.35. The third-order valence-electron chi connectivity index (χ3n) is 11.2. The zero-order chi connectivity index (χ0) is 41.9. The molecule has 2 aromatic heterocycles. The second-order valence-electron chi connectivity index (χ2n) is 15.1. The Morgan fingerprint density at radius 3 is 2.34 bits per heavy atom. The first kappa shape index (κ1) is 41.7. The van der Waals surface area contributed by atoms with Gasteiger partial charge in [0.25, 0.3) is 0 Å². The number of benzene rings is 2. The van der Waals surface area contributed by atoms with Crippen molar-refractivity contribution in [1.29, 1.82) is 0 Å². The van der Waals surface area contributed by atoms with E-state index in [2.05, 4.69) is 45.6 Å². The van der Waals surface area contributed by atoms with Crippen LogP contribution in [0.25, 0.3) is 0 Å². The highest BCUT2D eigenvalue weighted by Gasteiger charge is 2.36. The summed E-state index contributed by atoms with van der Waals surface area (Å²) in [6.45, 7) is 5.72. The number of nitrogens with zero attached hydrogens (tertiary/aromatic N) is 7. The van der Waals surface area contributed by atoms with E-state index in [0.717, 1.165) is 73.9 Å². The van der Waals surface area contributed by atoms with E-state index in [1.807, 2.05) is 30.3 Å². The Labute approximate surface area is 340 Å². The van der Waals surface area contributed by atoms with Crippen molar-refractivity contribution in [3.8, 4) is 0 Å². The van der Waals surface area contributed by atoms with E-state index in [4.69, 9.17) is 0 Å². The molecule has 2 aromatic carbocycles. The zero-order valence-corrected chi connectivity index (χ0v) is 33.5. The second kappa shape index (κ2) is 17.4. The first-order valence-electron chi connectivity index (χ1n) is 19.4. The van der Waals surface area contributed by atoms with Gasteiger partial charge in [-0.05, 0) is 61.2 Å². The minimum Gasteiger partial charge on any atom is -0.371 e. The Balaban J connectivity index is 0.896. The predicted molar refractivity (Wildman–Crippen MR) is 215 cm³/mol. The van der Waals surface area contributed by atoms with Gasteiger partial charge in [-0.3, -0.25) is 29.0 Å². The van der Waals surface area contributed by atoms with Gasteiger partial charge in [-0.25, -0.2) is 22.8 Å². The van der Waals surface area contributed by atoms with Crippen molar-refractivity contribution in [3.05, 3.63) is 95.1 Å². The fourth-order valence-electron chi connectivity index (χ4n) is 7.83. The monoisotopic (exact) mass is 838 g/mol. The maximum atomic E-state index is 15.1. The van der Waals surface area contributed by atoms with E-state index in [1.165, 1.54) is 19.3 Å². The molecule has 0 spiro atoms. The molecule has 14 nitrogen and oxygen atoms in total. The number of anilines is 5. The lowest BCUT2D eigenvalue weighted by Crippen LogP contribution is -2.53. The molecule has 4 aromatic rings. The average Bonchev–Trinajstić information content (AvgIpc) is 3.20. The molecule has 19 heteroatoms. The number of piperidine rings is 2. The molecule has 3 aliphatic heterocycles. The van der Waals surface area contributed by atoms with E-state index in [9.17, 15) is 31.2 Å². The lowest BCUT2D eigenvalue weighted by molar-refractivity contribution is -0.137. The van der Waals surface area contributed by atoms with E-state index >= 15 is 4.39 Å². The summed E-state index contributed by atoms with van der Waals surface area (Å²) >= 11 is 0. The molecule has 59 heavy (non-hydrogen) atoms. The summed E-state index contributed by atoms with van der Waals surface area (Å²) in [5.41, 5.74) is 2.07. The summed E-state index contributed by atoms with van der Waals surface area (Å²) < 4.78 is 82.1. The smallest absolute Gasteiger partial charge is 0.371 e. The third-order valence-corrected chi connectivity index (χ3v) is 12.3. The van der Waals surface area contributed by atoms with Crippen molar-refractivity contribution in [3.63, 3.8) is 0 Å². The molecule has 0 bridgehead atoms. The van der Waals surface area contributed by atoms with Crippen LogP contribution in [0.1, 0.15) is 53.9 Å². The van der Waals surface area contributed by atoms with Gasteiger partial charge in [-0.2, -0.15) is 18.2 Å². The van der Waals surface area contributed by atoms with Crippen LogP contribution in [0.15, 0.2) is 67.0 Å². The minimum absolute atomic E-state index is 0.0522. The topological polar surface area (TPSA) is 156 Å². The lowest BCUT2D eigenvalue weighted by Gasteiger charge is -2.43. The van der Waals surface area contributed by atoms with Crippen LogP contribution in [-0.4, -0.2) is 104 Å². The maximum Gasteiger partial charge on any atom is 0.421 e. The van der Waals surface area contributed by atoms with E-state index in [0.29, 0.717) is 42.0 Å². The van der Waals surface area contributed by atoms with Gasteiger partial charge in [-0.1, -0.05) is 18.2 Å². The molecule has 2 amide bonds. The first-order valence-corrected chi connectivity index (χ1v) is 21.2. The van der Waals surface area contributed by atoms with Gasteiger partial charge in [0, 0.05) is 107 Å². The predicted octanol–water partition coefficient (Wildman–Crippen LogP) is 5.09. The van der Waals surface area contributed by atoms with Crippen molar-refractivity contribution < 1.29 is 35.6 Å². The summed E-state index contributed by atoms with van der Waals surface area (Å²) in [7, 11) is -2.35. The molecule has 3 saturated heterocycles. The summed E-state index contributed by atoms with van der Waals surface area (Å²) in [5.74, 6) is -2.28. The number of alkyl halides is 3. The van der Waals surface area contributed by atoms with Gasteiger partial charge >= 0.3 is 6.18 Å². The summed E-state index contributed by atoms with van der Waals surface area (Å²) in [6.07, 6.45) is 0.866. The molecule has 1 unspecified atom stereocenters. The third kappa shape index (κ3) is 10.1. The van der Waals surface area contributed by atoms with Gasteiger partial charge in [0.15, 0.2) is 0 Å². The summed E-state index contributed by atoms with van der Waals surface area (Å²) in [4.78, 5) is 43.1. The molecular formula is C40H46F4N10O4S. The van der Waals surface area contributed by atoms with Crippen LogP contribution in [0, 0.1) is 5.82 Å². The Bertz CT molecular complexity index is 2270. The van der Waals surface area contributed by atoms with Crippen LogP contribution in [0.3, 0.4) is 0 Å². The maximum absolute atomic E-state index is 15.1. The second-order valence-corrected chi connectivity index (χ2v) is 17.1. The number of hydrogen-bond donors (Lipinski definition) is 3. The van der Waals surface area contributed by atoms with E-state index < -0.39 is 45.2 Å². The largest absolute Gasteiger partial charge is 0.421 e. The van der Waals surface area contributed by atoms with E-state index in [1.54, 1.807) is 18.2 Å². The number of rotatable bonds is 12. The first-order chi connectivity index (χ1) is 28.1. The van der Waals surface area contributed by atoms with Crippen molar-refractivity contribution >= 4 is 50.8 Å². The molecule has 3 aliphatic rings. The van der Waals surface area contributed by atoms with Crippen molar-refractivity contribution in [2.75, 3.05) is 72.4 Å². The molecule has 0 radical (unpaired) electrons. The van der Waals surface area contributed by atoms with Gasteiger partial charge in [0.2, 0.25) is 27.8 Å². The average molecular weight is 839 g/mol. The van der Waals surface area contributed by atoms with Crippen LogP contribution in [-0.2, 0) is 38.9 Å². The molecule has 1 atom stereocenters. The molecular weight excluding hydrogens is 793 g/mol. The number of imide groups is 1. The highest BCUT2D eigenvalue weighted by molar-refractivity contribution is 7.92. The SMILES string of the molecule is CN(c1ncccc1CNc1nc(Nc2ccc(N3CCC(N4CCN(Cc5ccc(C6CCC(=O)NC6=O)c(F)c5)CC4)CC3)cc2)ncc1C(F)(F)F)S(C)(=O)=O. The van der Waals surface area contributed by atoms with Crippen LogP contribution < -0.4 is 25.2 Å². The van der Waals surface area contributed by atoms with Gasteiger partial charge in [-0.15, -0.1) is 0 Å². The number of pyridine rings is 1. The number of carbonyl (C=O) groups is 2. The van der Waals surface area contributed by atoms with Gasteiger partial charge < -0.3 is 15.5 Å². The number of hydrogen-bond acceptors (Lipinski definition) is 12. The van der Waals surface area contributed by atoms with Crippen LogP contribution in [0.4, 0.5) is 46.5 Å². The quantitative estimate of drug-likeness (QED) is 0.129. The van der Waals surface area contributed by atoms with Crippen molar-refractivity contribution in [1.82, 2.24) is 30.1 Å². The molecule has 3 fully saturated rings. The van der Waals surface area contributed by atoms with Crippen LogP contribution >= 0.6 is 0 Å². The summed E-state index contributed by atoms with van der Waals surface area (Å²) in [6, 6.07) is 16.2. The van der Waals surface area contributed by atoms with Gasteiger partial charge in [0.1, 0.15) is 23.0 Å². The van der Waals surface area contributed by atoms with Crippen molar-refractivity contribution in [2.24, 2.45) is 0 Å².